The van der Waals surface area contributed by atoms with Gasteiger partial charge in [-0.05, 0) is 78.9 Å². The van der Waals surface area contributed by atoms with Crippen molar-refractivity contribution >= 4 is 62.1 Å². The van der Waals surface area contributed by atoms with Crippen LogP contribution in [0.25, 0.3) is 5.69 Å². The van der Waals surface area contributed by atoms with E-state index < -0.39 is 0 Å². The lowest BCUT2D eigenvalue weighted by Gasteiger charge is -2.29. The Labute approximate surface area is 209 Å². The van der Waals surface area contributed by atoms with Crippen molar-refractivity contribution in [3.63, 3.8) is 0 Å². The zero-order valence-electron chi connectivity index (χ0n) is 16.6. The molecule has 0 bridgehead atoms. The van der Waals surface area contributed by atoms with E-state index >= 15 is 0 Å². The zero-order chi connectivity index (χ0) is 22.2. The second-order valence-electron chi connectivity index (χ2n) is 7.37. The summed E-state index contributed by atoms with van der Waals surface area (Å²) in [5.41, 5.74) is 3.78. The van der Waals surface area contributed by atoms with Crippen LogP contribution in [0.3, 0.4) is 0 Å². The van der Waals surface area contributed by atoms with Gasteiger partial charge >= 0.3 is 0 Å². The molecule has 1 aliphatic rings. The highest BCUT2D eigenvalue weighted by Crippen LogP contribution is 2.43. The van der Waals surface area contributed by atoms with E-state index in [-0.39, 0.29) is 12.1 Å². The molecule has 1 saturated heterocycles. The van der Waals surface area contributed by atoms with Gasteiger partial charge in [-0.25, -0.2) is 0 Å². The number of halogens is 3. The molecule has 0 amide bonds. The fourth-order valence-corrected chi connectivity index (χ4v) is 5.18. The summed E-state index contributed by atoms with van der Waals surface area (Å²) in [6.07, 6.45) is 3.80. The number of rotatable bonds is 4. The maximum atomic E-state index is 6.57. The average Bonchev–Trinajstić information content (AvgIpc) is 3.39. The predicted molar refractivity (Wildman–Crippen MR) is 138 cm³/mol. The van der Waals surface area contributed by atoms with Crippen LogP contribution >= 0.6 is 51.3 Å². The third-order valence-electron chi connectivity index (χ3n) is 5.46. The van der Waals surface area contributed by atoms with Crippen molar-refractivity contribution in [2.75, 3.05) is 4.90 Å². The molecule has 32 heavy (non-hydrogen) atoms. The summed E-state index contributed by atoms with van der Waals surface area (Å²) in [7, 11) is 0. The van der Waals surface area contributed by atoms with E-state index in [1.807, 2.05) is 54.7 Å². The van der Waals surface area contributed by atoms with Crippen molar-refractivity contribution in [3.8, 4) is 5.69 Å². The number of hydrogen-bond acceptors (Lipinski definition) is 2. The van der Waals surface area contributed by atoms with Crippen molar-refractivity contribution in [2.45, 2.75) is 12.1 Å². The number of benzene rings is 2. The van der Waals surface area contributed by atoms with Gasteiger partial charge in [-0.3, -0.25) is 4.98 Å². The van der Waals surface area contributed by atoms with Gasteiger partial charge < -0.3 is 14.8 Å². The summed E-state index contributed by atoms with van der Waals surface area (Å²) >= 11 is 22.0. The number of hydrogen-bond donors (Lipinski definition) is 1. The lowest BCUT2D eigenvalue weighted by atomic mass is 10.0. The standard InChI is InChI=1S/C24H17BrCl2N4S/c25-15-6-9-17(10-7-15)31-23(22(29-24(31)32)19-4-1-2-12-28-19)21-5-3-13-30(21)20-11-8-16(26)14-18(20)27/h1-14,22-23H,(H,29,32)/t22-,23-/m1/s1. The van der Waals surface area contributed by atoms with E-state index in [9.17, 15) is 0 Å². The minimum absolute atomic E-state index is 0.146. The maximum Gasteiger partial charge on any atom is 0.174 e. The van der Waals surface area contributed by atoms with E-state index in [0.29, 0.717) is 15.2 Å². The fraction of sp³-hybridized carbons (Fsp3) is 0.0833. The summed E-state index contributed by atoms with van der Waals surface area (Å²) in [5.74, 6) is 0. The Balaban J connectivity index is 1.68. The first-order valence-electron chi connectivity index (χ1n) is 9.92. The van der Waals surface area contributed by atoms with Crippen LogP contribution in [-0.2, 0) is 0 Å². The lowest BCUT2D eigenvalue weighted by molar-refractivity contribution is 0.549. The van der Waals surface area contributed by atoms with Gasteiger partial charge in [0, 0.05) is 33.3 Å². The first kappa shape index (κ1) is 21.5. The molecular formula is C24H17BrCl2N4S. The molecule has 5 rings (SSSR count). The van der Waals surface area contributed by atoms with Crippen molar-refractivity contribution < 1.29 is 0 Å². The Kier molecular flexibility index (Phi) is 5.95. The van der Waals surface area contributed by atoms with E-state index in [0.717, 1.165) is 27.2 Å². The first-order chi connectivity index (χ1) is 15.5. The second-order valence-corrected chi connectivity index (χ2v) is 9.52. The van der Waals surface area contributed by atoms with Gasteiger partial charge in [0.15, 0.2) is 5.11 Å². The van der Waals surface area contributed by atoms with Crippen LogP contribution in [0.15, 0.2) is 89.7 Å². The molecular weight excluding hydrogens is 527 g/mol. The van der Waals surface area contributed by atoms with E-state index in [2.05, 4.69) is 53.9 Å². The van der Waals surface area contributed by atoms with Crippen LogP contribution in [0.2, 0.25) is 10.0 Å². The molecule has 0 aliphatic carbocycles. The van der Waals surface area contributed by atoms with Crippen molar-refractivity contribution in [1.29, 1.82) is 0 Å². The van der Waals surface area contributed by atoms with E-state index in [1.165, 1.54) is 0 Å². The predicted octanol–water partition coefficient (Wildman–Crippen LogP) is 7.12. The Morgan fingerprint density at radius 1 is 0.969 bits per heavy atom. The zero-order valence-corrected chi connectivity index (χ0v) is 20.5. The van der Waals surface area contributed by atoms with E-state index in [4.69, 9.17) is 35.4 Å². The SMILES string of the molecule is S=C1N[C@H](c2ccccn2)[C@@H](c2cccn2-c2ccc(Cl)cc2Cl)N1c1ccc(Br)cc1. The molecule has 4 aromatic rings. The monoisotopic (exact) mass is 542 g/mol. The topological polar surface area (TPSA) is 33.1 Å². The summed E-state index contributed by atoms with van der Waals surface area (Å²) in [5, 5.41) is 5.30. The average molecular weight is 544 g/mol. The highest BCUT2D eigenvalue weighted by molar-refractivity contribution is 9.10. The molecule has 1 aliphatic heterocycles. The molecule has 0 saturated carbocycles. The third-order valence-corrected chi connectivity index (χ3v) is 6.84. The maximum absolute atomic E-state index is 6.57. The molecule has 0 spiro atoms. The third kappa shape index (κ3) is 3.92. The van der Waals surface area contributed by atoms with Crippen LogP contribution in [0, 0.1) is 0 Å². The summed E-state index contributed by atoms with van der Waals surface area (Å²) in [6.45, 7) is 0. The summed E-state index contributed by atoms with van der Waals surface area (Å²) in [6, 6.07) is 23.4. The number of nitrogens with zero attached hydrogens (tertiary/aromatic N) is 3. The molecule has 160 valence electrons. The van der Waals surface area contributed by atoms with Gasteiger partial charge in [0.25, 0.3) is 0 Å². The fourth-order valence-electron chi connectivity index (χ4n) is 4.07. The Morgan fingerprint density at radius 2 is 1.78 bits per heavy atom. The van der Waals surface area contributed by atoms with Crippen LogP contribution in [0.4, 0.5) is 5.69 Å². The minimum Gasteiger partial charge on any atom is -0.351 e. The quantitative estimate of drug-likeness (QED) is 0.278. The van der Waals surface area contributed by atoms with Gasteiger partial charge in [0.05, 0.1) is 22.4 Å². The van der Waals surface area contributed by atoms with Gasteiger partial charge in [-0.2, -0.15) is 0 Å². The van der Waals surface area contributed by atoms with Crippen LogP contribution in [0.1, 0.15) is 23.5 Å². The normalized spacial score (nSPS) is 18.1. The summed E-state index contributed by atoms with van der Waals surface area (Å²) < 4.78 is 3.09. The number of anilines is 1. The second kappa shape index (κ2) is 8.87. The van der Waals surface area contributed by atoms with Gasteiger partial charge in [-0.1, -0.05) is 45.2 Å². The van der Waals surface area contributed by atoms with Crippen molar-refractivity contribution in [1.82, 2.24) is 14.9 Å². The number of aromatic nitrogens is 2. The molecule has 2 aromatic carbocycles. The molecule has 2 aromatic heterocycles. The Bertz CT molecular complexity index is 1280. The minimum atomic E-state index is -0.152. The Hall–Kier alpha value is -2.38. The number of pyridine rings is 1. The van der Waals surface area contributed by atoms with Crippen LogP contribution in [-0.4, -0.2) is 14.7 Å². The first-order valence-corrected chi connectivity index (χ1v) is 11.9. The van der Waals surface area contributed by atoms with Crippen LogP contribution in [0.5, 0.6) is 0 Å². The molecule has 1 fully saturated rings. The number of thiocarbonyl (C=S) groups is 1. The molecule has 1 N–H and O–H groups in total. The Morgan fingerprint density at radius 3 is 2.50 bits per heavy atom. The smallest absolute Gasteiger partial charge is 0.174 e. The molecule has 4 nitrogen and oxygen atoms in total. The van der Waals surface area contributed by atoms with Crippen LogP contribution < -0.4 is 10.2 Å². The largest absolute Gasteiger partial charge is 0.351 e. The lowest BCUT2D eigenvalue weighted by Crippen LogP contribution is -2.30. The summed E-state index contributed by atoms with van der Waals surface area (Å²) in [4.78, 5) is 6.76. The van der Waals surface area contributed by atoms with Gasteiger partial charge in [0.2, 0.25) is 0 Å². The molecule has 0 radical (unpaired) electrons. The van der Waals surface area contributed by atoms with Crippen molar-refractivity contribution in [2.24, 2.45) is 0 Å². The van der Waals surface area contributed by atoms with Crippen molar-refractivity contribution in [3.05, 3.63) is 111 Å². The molecule has 3 heterocycles. The van der Waals surface area contributed by atoms with E-state index in [1.54, 1.807) is 12.3 Å². The van der Waals surface area contributed by atoms with Gasteiger partial charge in [0.1, 0.15) is 6.04 Å². The molecule has 0 unspecified atom stereocenters. The van der Waals surface area contributed by atoms with Gasteiger partial charge in [-0.15, -0.1) is 0 Å². The highest BCUT2D eigenvalue weighted by Gasteiger charge is 2.42. The molecule has 2 atom stereocenters. The number of nitrogens with one attached hydrogen (secondary N) is 1. The molecule has 8 heteroatoms. The highest BCUT2D eigenvalue weighted by atomic mass is 79.9.